The molecule has 1 aromatic heterocycles. The standard InChI is InChI=1S/C16H27N3.C2H6/c1-13(2)12-18-7-9-19(10-8-18)16-6-5-15(11-17-16)14(3)4;1-2/h5-6,11,13-14H,7-10,12H2,1-4H3;1-2H3. The molecule has 0 N–H and O–H groups in total. The molecule has 0 saturated carbocycles. The van der Waals surface area contributed by atoms with E-state index in [-0.39, 0.29) is 0 Å². The van der Waals surface area contributed by atoms with Gasteiger partial charge in [0.1, 0.15) is 5.82 Å². The summed E-state index contributed by atoms with van der Waals surface area (Å²) in [5, 5.41) is 0. The number of hydrogen-bond donors (Lipinski definition) is 0. The largest absolute Gasteiger partial charge is 0.354 e. The Bertz CT molecular complexity index is 376. The van der Waals surface area contributed by atoms with E-state index in [4.69, 9.17) is 0 Å². The highest BCUT2D eigenvalue weighted by atomic mass is 15.3. The van der Waals surface area contributed by atoms with Gasteiger partial charge in [-0.3, -0.25) is 4.90 Å². The van der Waals surface area contributed by atoms with Crippen molar-refractivity contribution in [1.29, 1.82) is 0 Å². The summed E-state index contributed by atoms with van der Waals surface area (Å²) in [5.41, 5.74) is 1.32. The summed E-state index contributed by atoms with van der Waals surface area (Å²) in [5.74, 6) is 2.45. The summed E-state index contributed by atoms with van der Waals surface area (Å²) in [6.45, 7) is 18.7. The maximum Gasteiger partial charge on any atom is 0.128 e. The Morgan fingerprint density at radius 1 is 1.00 bits per heavy atom. The highest BCUT2D eigenvalue weighted by Gasteiger charge is 2.18. The van der Waals surface area contributed by atoms with Crippen LogP contribution in [0.1, 0.15) is 53.0 Å². The van der Waals surface area contributed by atoms with Gasteiger partial charge < -0.3 is 4.90 Å². The quantitative estimate of drug-likeness (QED) is 0.835. The Labute approximate surface area is 131 Å². The first-order valence-electron chi connectivity index (χ1n) is 8.49. The summed E-state index contributed by atoms with van der Waals surface area (Å²) in [7, 11) is 0. The first kappa shape index (κ1) is 18.0. The van der Waals surface area contributed by atoms with Crippen molar-refractivity contribution in [2.24, 2.45) is 5.92 Å². The van der Waals surface area contributed by atoms with Gasteiger partial charge in [-0.25, -0.2) is 4.98 Å². The van der Waals surface area contributed by atoms with E-state index in [9.17, 15) is 0 Å². The fraction of sp³-hybridized carbons (Fsp3) is 0.722. The van der Waals surface area contributed by atoms with Crippen molar-refractivity contribution in [2.75, 3.05) is 37.6 Å². The minimum atomic E-state index is 0.560. The highest BCUT2D eigenvalue weighted by Crippen LogP contribution is 2.18. The molecule has 1 aliphatic rings. The molecule has 0 aromatic carbocycles. The van der Waals surface area contributed by atoms with Crippen molar-refractivity contribution in [2.45, 2.75) is 47.5 Å². The van der Waals surface area contributed by atoms with E-state index < -0.39 is 0 Å². The normalized spacial score (nSPS) is 16.1. The van der Waals surface area contributed by atoms with E-state index in [0.29, 0.717) is 5.92 Å². The number of aromatic nitrogens is 1. The van der Waals surface area contributed by atoms with Gasteiger partial charge in [-0.2, -0.15) is 0 Å². The molecule has 120 valence electrons. The third-order valence-electron chi connectivity index (χ3n) is 3.76. The lowest BCUT2D eigenvalue weighted by molar-refractivity contribution is 0.231. The molecular formula is C18H33N3. The van der Waals surface area contributed by atoms with E-state index in [1.165, 1.54) is 12.1 Å². The lowest BCUT2D eigenvalue weighted by Gasteiger charge is -2.36. The van der Waals surface area contributed by atoms with Gasteiger partial charge in [-0.15, -0.1) is 0 Å². The highest BCUT2D eigenvalue weighted by molar-refractivity contribution is 5.40. The van der Waals surface area contributed by atoms with Crippen molar-refractivity contribution < 1.29 is 0 Å². The first-order valence-corrected chi connectivity index (χ1v) is 8.49. The Hall–Kier alpha value is -1.09. The Balaban J connectivity index is 0.00000106. The van der Waals surface area contributed by atoms with Crippen LogP contribution in [0, 0.1) is 5.92 Å². The van der Waals surface area contributed by atoms with Gasteiger partial charge >= 0.3 is 0 Å². The van der Waals surface area contributed by atoms with E-state index >= 15 is 0 Å². The SMILES string of the molecule is CC.CC(C)CN1CCN(c2ccc(C(C)C)cn2)CC1. The van der Waals surface area contributed by atoms with Crippen LogP contribution in [0.2, 0.25) is 0 Å². The molecule has 3 heteroatoms. The molecular weight excluding hydrogens is 258 g/mol. The second kappa shape index (κ2) is 9.04. The summed E-state index contributed by atoms with van der Waals surface area (Å²) in [4.78, 5) is 9.58. The van der Waals surface area contributed by atoms with Crippen LogP contribution in [-0.2, 0) is 0 Å². The van der Waals surface area contributed by atoms with Gasteiger partial charge in [0.2, 0.25) is 0 Å². The molecule has 0 spiro atoms. The number of pyridine rings is 1. The van der Waals surface area contributed by atoms with Crippen molar-refractivity contribution in [3.8, 4) is 0 Å². The van der Waals surface area contributed by atoms with E-state index in [1.54, 1.807) is 0 Å². The smallest absolute Gasteiger partial charge is 0.128 e. The van der Waals surface area contributed by atoms with Crippen LogP contribution in [-0.4, -0.2) is 42.6 Å². The van der Waals surface area contributed by atoms with Crippen LogP contribution in [0.5, 0.6) is 0 Å². The average Bonchev–Trinajstić information content (AvgIpc) is 2.49. The Kier molecular flexibility index (Phi) is 7.73. The Morgan fingerprint density at radius 2 is 1.62 bits per heavy atom. The lowest BCUT2D eigenvalue weighted by atomic mass is 10.1. The van der Waals surface area contributed by atoms with Crippen LogP contribution >= 0.6 is 0 Å². The minimum Gasteiger partial charge on any atom is -0.354 e. The van der Waals surface area contributed by atoms with Gasteiger partial charge in [0, 0.05) is 38.9 Å². The molecule has 1 aromatic rings. The predicted octanol–water partition coefficient (Wildman–Crippen LogP) is 4.01. The third kappa shape index (κ3) is 5.66. The third-order valence-corrected chi connectivity index (χ3v) is 3.76. The fourth-order valence-corrected chi connectivity index (χ4v) is 2.60. The summed E-state index contributed by atoms with van der Waals surface area (Å²) in [6, 6.07) is 4.39. The van der Waals surface area contributed by atoms with Crippen molar-refractivity contribution in [3.05, 3.63) is 23.9 Å². The molecule has 1 aliphatic heterocycles. The number of nitrogens with zero attached hydrogens (tertiary/aromatic N) is 3. The van der Waals surface area contributed by atoms with E-state index in [2.05, 4.69) is 54.6 Å². The van der Waals surface area contributed by atoms with Gasteiger partial charge in [0.25, 0.3) is 0 Å². The topological polar surface area (TPSA) is 19.4 Å². The molecule has 2 heterocycles. The molecule has 0 unspecified atom stereocenters. The van der Waals surface area contributed by atoms with Gasteiger partial charge in [-0.05, 0) is 23.5 Å². The molecule has 0 amide bonds. The number of anilines is 1. The zero-order chi connectivity index (χ0) is 15.8. The van der Waals surface area contributed by atoms with Crippen LogP contribution in [0.25, 0.3) is 0 Å². The molecule has 2 rings (SSSR count). The molecule has 21 heavy (non-hydrogen) atoms. The molecule has 1 fully saturated rings. The molecule has 1 saturated heterocycles. The average molecular weight is 291 g/mol. The molecule has 0 radical (unpaired) electrons. The predicted molar refractivity (Wildman–Crippen MR) is 93.2 cm³/mol. The molecule has 0 bridgehead atoms. The van der Waals surface area contributed by atoms with E-state index in [0.717, 1.165) is 37.9 Å². The van der Waals surface area contributed by atoms with Gasteiger partial charge in [0.15, 0.2) is 0 Å². The minimum absolute atomic E-state index is 0.560. The molecule has 0 aliphatic carbocycles. The van der Waals surface area contributed by atoms with E-state index in [1.807, 2.05) is 20.0 Å². The zero-order valence-electron chi connectivity index (χ0n) is 14.8. The first-order chi connectivity index (χ1) is 10.1. The lowest BCUT2D eigenvalue weighted by Crippen LogP contribution is -2.47. The molecule has 0 atom stereocenters. The number of hydrogen-bond acceptors (Lipinski definition) is 3. The van der Waals surface area contributed by atoms with Crippen molar-refractivity contribution in [1.82, 2.24) is 9.88 Å². The fourth-order valence-electron chi connectivity index (χ4n) is 2.60. The van der Waals surface area contributed by atoms with Crippen molar-refractivity contribution >= 4 is 5.82 Å². The number of rotatable bonds is 4. The zero-order valence-corrected chi connectivity index (χ0v) is 14.8. The summed E-state index contributed by atoms with van der Waals surface area (Å²) >= 11 is 0. The van der Waals surface area contributed by atoms with Gasteiger partial charge in [-0.1, -0.05) is 47.6 Å². The maximum atomic E-state index is 4.62. The maximum absolute atomic E-state index is 4.62. The summed E-state index contributed by atoms with van der Waals surface area (Å²) in [6.07, 6.45) is 2.03. The van der Waals surface area contributed by atoms with Gasteiger partial charge in [0.05, 0.1) is 0 Å². The second-order valence-electron chi connectivity index (χ2n) is 6.29. The van der Waals surface area contributed by atoms with Crippen LogP contribution in [0.3, 0.4) is 0 Å². The van der Waals surface area contributed by atoms with Crippen molar-refractivity contribution in [3.63, 3.8) is 0 Å². The van der Waals surface area contributed by atoms with Crippen LogP contribution in [0.15, 0.2) is 18.3 Å². The molecule has 3 nitrogen and oxygen atoms in total. The monoisotopic (exact) mass is 291 g/mol. The number of piperazine rings is 1. The van der Waals surface area contributed by atoms with Crippen LogP contribution < -0.4 is 4.90 Å². The Morgan fingerprint density at radius 3 is 2.05 bits per heavy atom. The van der Waals surface area contributed by atoms with Crippen LogP contribution in [0.4, 0.5) is 5.82 Å². The summed E-state index contributed by atoms with van der Waals surface area (Å²) < 4.78 is 0. The second-order valence-corrected chi connectivity index (χ2v) is 6.29.